The van der Waals surface area contributed by atoms with Gasteiger partial charge in [0, 0.05) is 18.2 Å². The van der Waals surface area contributed by atoms with Crippen LogP contribution in [0, 0.1) is 11.3 Å². The first-order chi connectivity index (χ1) is 5.40. The molecule has 54 valence electrons. The summed E-state index contributed by atoms with van der Waals surface area (Å²) in [6, 6.07) is 3.94. The molecule has 0 aliphatic carbocycles. The van der Waals surface area contributed by atoms with Gasteiger partial charge in [-0.05, 0) is 6.07 Å². The second-order valence-electron chi connectivity index (χ2n) is 2.42. The molecule has 0 fully saturated rings. The highest BCUT2D eigenvalue weighted by Crippen LogP contribution is 2.26. The van der Waals surface area contributed by atoms with E-state index >= 15 is 0 Å². The predicted octanol–water partition coefficient (Wildman–Crippen LogP) is 0.909. The first-order valence-corrected chi connectivity index (χ1v) is 3.39. The van der Waals surface area contributed by atoms with Gasteiger partial charge in [-0.3, -0.25) is 4.98 Å². The number of aromatic nitrogens is 1. The van der Waals surface area contributed by atoms with Crippen LogP contribution in [0.15, 0.2) is 18.5 Å². The van der Waals surface area contributed by atoms with Gasteiger partial charge in [-0.15, -0.1) is 0 Å². The van der Waals surface area contributed by atoms with E-state index in [4.69, 9.17) is 10.00 Å². The van der Waals surface area contributed by atoms with Crippen LogP contribution in [0.3, 0.4) is 0 Å². The molecule has 1 atom stereocenters. The zero-order chi connectivity index (χ0) is 7.68. The smallest absolute Gasteiger partial charge is 0.188 e. The van der Waals surface area contributed by atoms with Gasteiger partial charge in [0.05, 0.1) is 6.20 Å². The van der Waals surface area contributed by atoms with E-state index < -0.39 is 0 Å². The normalized spacial score (nSPS) is 20.1. The number of ether oxygens (including phenoxy) is 1. The average molecular weight is 146 g/mol. The molecule has 0 aromatic carbocycles. The molecule has 2 heterocycles. The van der Waals surface area contributed by atoms with Crippen molar-refractivity contribution < 1.29 is 4.74 Å². The lowest BCUT2D eigenvalue weighted by molar-refractivity contribution is 0.289. The van der Waals surface area contributed by atoms with Gasteiger partial charge in [-0.1, -0.05) is 0 Å². The number of pyridine rings is 1. The minimum absolute atomic E-state index is 0.311. The van der Waals surface area contributed by atoms with Crippen molar-refractivity contribution in [3.8, 4) is 11.8 Å². The van der Waals surface area contributed by atoms with Crippen molar-refractivity contribution in [3.05, 3.63) is 24.0 Å². The highest BCUT2D eigenvalue weighted by Gasteiger charge is 2.21. The Morgan fingerprint density at radius 2 is 2.64 bits per heavy atom. The Kier molecular flexibility index (Phi) is 1.26. The number of rotatable bonds is 0. The zero-order valence-corrected chi connectivity index (χ0v) is 5.82. The van der Waals surface area contributed by atoms with Gasteiger partial charge in [0.2, 0.25) is 0 Å². The van der Waals surface area contributed by atoms with Crippen LogP contribution in [-0.4, -0.2) is 11.1 Å². The van der Waals surface area contributed by atoms with E-state index in [1.165, 1.54) is 0 Å². The lowest BCUT2D eigenvalue weighted by atomic mass is 10.2. The van der Waals surface area contributed by atoms with Crippen LogP contribution in [0.4, 0.5) is 0 Å². The molecule has 0 bridgehead atoms. The van der Waals surface area contributed by atoms with E-state index in [2.05, 4.69) is 11.1 Å². The van der Waals surface area contributed by atoms with Crippen LogP contribution in [0.5, 0.6) is 5.75 Å². The summed E-state index contributed by atoms with van der Waals surface area (Å²) in [5.74, 6) is 0.749. The number of nitriles is 1. The third-order valence-corrected chi connectivity index (χ3v) is 1.69. The summed E-state index contributed by atoms with van der Waals surface area (Å²) >= 11 is 0. The standard InChI is InChI=1S/C8H6N2O/c9-4-7-3-6-1-2-10-5-8(6)11-7/h1-2,5,7H,3H2. The Morgan fingerprint density at radius 1 is 1.73 bits per heavy atom. The first-order valence-electron chi connectivity index (χ1n) is 3.39. The van der Waals surface area contributed by atoms with Crippen LogP contribution >= 0.6 is 0 Å². The largest absolute Gasteiger partial charge is 0.473 e. The van der Waals surface area contributed by atoms with Gasteiger partial charge >= 0.3 is 0 Å². The van der Waals surface area contributed by atoms with Crippen molar-refractivity contribution in [1.82, 2.24) is 4.98 Å². The molecule has 1 aliphatic heterocycles. The fourth-order valence-corrected chi connectivity index (χ4v) is 1.15. The van der Waals surface area contributed by atoms with Gasteiger partial charge < -0.3 is 4.74 Å². The van der Waals surface area contributed by atoms with E-state index in [1.807, 2.05) is 6.07 Å². The fourth-order valence-electron chi connectivity index (χ4n) is 1.15. The topological polar surface area (TPSA) is 45.9 Å². The summed E-state index contributed by atoms with van der Waals surface area (Å²) < 4.78 is 5.23. The van der Waals surface area contributed by atoms with Crippen molar-refractivity contribution in [2.75, 3.05) is 0 Å². The molecular weight excluding hydrogens is 140 g/mol. The molecule has 0 radical (unpaired) electrons. The fraction of sp³-hybridized carbons (Fsp3) is 0.250. The van der Waals surface area contributed by atoms with Crippen molar-refractivity contribution in [3.63, 3.8) is 0 Å². The van der Waals surface area contributed by atoms with Crippen LogP contribution in [0.25, 0.3) is 0 Å². The maximum absolute atomic E-state index is 8.54. The third kappa shape index (κ3) is 0.926. The molecule has 1 aromatic heterocycles. The molecule has 1 aromatic rings. The van der Waals surface area contributed by atoms with Crippen molar-refractivity contribution in [2.24, 2.45) is 0 Å². The molecule has 1 unspecified atom stereocenters. The number of hydrogen-bond donors (Lipinski definition) is 0. The Bertz CT molecular complexity index is 291. The summed E-state index contributed by atoms with van der Waals surface area (Å²) in [4.78, 5) is 3.89. The molecule has 0 saturated heterocycles. The SMILES string of the molecule is N#CC1Cc2ccncc2O1. The van der Waals surface area contributed by atoms with E-state index in [-0.39, 0.29) is 6.10 Å². The van der Waals surface area contributed by atoms with E-state index in [9.17, 15) is 0 Å². The molecule has 0 saturated carbocycles. The summed E-state index contributed by atoms with van der Waals surface area (Å²) in [6.07, 6.45) is 3.73. The average Bonchev–Trinajstić information content (AvgIpc) is 2.46. The molecule has 0 amide bonds. The summed E-state index contributed by atoms with van der Waals surface area (Å²) in [7, 11) is 0. The number of nitrogens with zero attached hydrogens (tertiary/aromatic N) is 2. The first kappa shape index (κ1) is 6.17. The zero-order valence-electron chi connectivity index (χ0n) is 5.82. The predicted molar refractivity (Wildman–Crippen MR) is 38.0 cm³/mol. The second-order valence-corrected chi connectivity index (χ2v) is 2.42. The molecule has 11 heavy (non-hydrogen) atoms. The molecule has 1 aliphatic rings. The third-order valence-electron chi connectivity index (χ3n) is 1.69. The molecule has 0 spiro atoms. The lowest BCUT2D eigenvalue weighted by Crippen LogP contribution is -2.08. The molecule has 3 heteroatoms. The van der Waals surface area contributed by atoms with Gasteiger partial charge in [0.25, 0.3) is 0 Å². The van der Waals surface area contributed by atoms with Crippen LogP contribution in [0.2, 0.25) is 0 Å². The highest BCUT2D eigenvalue weighted by molar-refractivity contribution is 5.35. The summed E-state index contributed by atoms with van der Waals surface area (Å²) in [5.41, 5.74) is 1.08. The summed E-state index contributed by atoms with van der Waals surface area (Å²) in [5, 5.41) is 8.54. The number of hydrogen-bond acceptors (Lipinski definition) is 3. The second kappa shape index (κ2) is 2.24. The van der Waals surface area contributed by atoms with Crippen molar-refractivity contribution in [1.29, 1.82) is 5.26 Å². The van der Waals surface area contributed by atoms with Crippen LogP contribution in [-0.2, 0) is 6.42 Å². The van der Waals surface area contributed by atoms with Gasteiger partial charge in [0.1, 0.15) is 11.8 Å². The Balaban J connectivity index is 2.35. The molecular formula is C8H6N2O. The van der Waals surface area contributed by atoms with Gasteiger partial charge in [-0.25, -0.2) is 0 Å². The molecule has 3 nitrogen and oxygen atoms in total. The Hall–Kier alpha value is -1.56. The molecule has 2 rings (SSSR count). The van der Waals surface area contributed by atoms with Gasteiger partial charge in [-0.2, -0.15) is 5.26 Å². The Labute approximate surface area is 64.2 Å². The minimum atomic E-state index is -0.311. The minimum Gasteiger partial charge on any atom is -0.473 e. The quantitative estimate of drug-likeness (QED) is 0.546. The van der Waals surface area contributed by atoms with Crippen molar-refractivity contribution >= 4 is 0 Å². The van der Waals surface area contributed by atoms with E-state index in [0.717, 1.165) is 11.3 Å². The maximum Gasteiger partial charge on any atom is 0.188 e. The van der Waals surface area contributed by atoms with Gasteiger partial charge in [0.15, 0.2) is 6.10 Å². The Morgan fingerprint density at radius 3 is 3.36 bits per heavy atom. The monoisotopic (exact) mass is 146 g/mol. The number of fused-ring (bicyclic) bond motifs is 1. The van der Waals surface area contributed by atoms with E-state index in [0.29, 0.717) is 6.42 Å². The van der Waals surface area contributed by atoms with E-state index in [1.54, 1.807) is 12.4 Å². The molecule has 0 N–H and O–H groups in total. The lowest BCUT2D eigenvalue weighted by Gasteiger charge is -1.97. The maximum atomic E-state index is 8.54. The summed E-state index contributed by atoms with van der Waals surface area (Å²) in [6.45, 7) is 0. The highest BCUT2D eigenvalue weighted by atomic mass is 16.5. The van der Waals surface area contributed by atoms with Crippen LogP contribution in [0.1, 0.15) is 5.56 Å². The van der Waals surface area contributed by atoms with Crippen molar-refractivity contribution in [2.45, 2.75) is 12.5 Å². The van der Waals surface area contributed by atoms with Crippen LogP contribution < -0.4 is 4.74 Å².